The summed E-state index contributed by atoms with van der Waals surface area (Å²) < 4.78 is 0. The zero-order chi connectivity index (χ0) is 10.0. The Balaban J connectivity index is 3.27. The molecule has 1 heterocycles. The molecule has 6 heteroatoms. The molecule has 0 saturated carbocycles. The van der Waals surface area contributed by atoms with Gasteiger partial charge in [0.15, 0.2) is 0 Å². The maximum absolute atomic E-state index is 11.0. The van der Waals surface area contributed by atoms with Crippen molar-refractivity contribution >= 4 is 11.9 Å². The van der Waals surface area contributed by atoms with Crippen LogP contribution in [0.2, 0.25) is 0 Å². The summed E-state index contributed by atoms with van der Waals surface area (Å²) in [5.41, 5.74) is 4.55. The summed E-state index contributed by atoms with van der Waals surface area (Å²) in [5, 5.41) is 0. The molecule has 0 aliphatic heterocycles. The molecular formula is C7H10N4O2. The van der Waals surface area contributed by atoms with Gasteiger partial charge in [0.1, 0.15) is 5.69 Å². The van der Waals surface area contributed by atoms with Crippen LogP contribution in [0.4, 0.5) is 5.95 Å². The predicted molar refractivity (Wildman–Crippen MR) is 47.7 cm³/mol. The minimum absolute atomic E-state index is 0.0348. The Morgan fingerprint density at radius 3 is 2.69 bits per heavy atom. The quantitative estimate of drug-likeness (QED) is 0.609. The molecule has 1 rings (SSSR count). The van der Waals surface area contributed by atoms with Gasteiger partial charge in [-0.15, -0.1) is 0 Å². The summed E-state index contributed by atoms with van der Waals surface area (Å²) >= 11 is 0. The highest BCUT2D eigenvalue weighted by Gasteiger charge is 2.06. The van der Waals surface area contributed by atoms with Crippen LogP contribution in [-0.2, 0) is 0 Å². The number of primary amides is 1. The first-order valence-electron chi connectivity index (χ1n) is 3.59. The lowest BCUT2D eigenvalue weighted by atomic mass is 10.4. The summed E-state index contributed by atoms with van der Waals surface area (Å²) in [6.45, 7) is 0. The van der Waals surface area contributed by atoms with Crippen LogP contribution >= 0.6 is 0 Å². The molecule has 0 bridgehead atoms. The largest absolute Gasteiger partial charge is 0.364 e. The topological polar surface area (TPSA) is 92.1 Å². The van der Waals surface area contributed by atoms with E-state index in [0.29, 0.717) is 5.95 Å². The molecule has 3 N–H and O–H groups in total. The lowest BCUT2D eigenvalue weighted by Gasteiger charge is -2.10. The smallest absolute Gasteiger partial charge is 0.267 e. The Morgan fingerprint density at radius 1 is 1.62 bits per heavy atom. The number of aromatic amines is 1. The second-order valence-electron chi connectivity index (χ2n) is 2.71. The van der Waals surface area contributed by atoms with Crippen LogP contribution in [0.15, 0.2) is 10.9 Å². The van der Waals surface area contributed by atoms with E-state index >= 15 is 0 Å². The van der Waals surface area contributed by atoms with E-state index in [1.165, 1.54) is 0 Å². The molecule has 6 nitrogen and oxygen atoms in total. The monoisotopic (exact) mass is 182 g/mol. The molecule has 1 amide bonds. The first kappa shape index (κ1) is 9.24. The highest BCUT2D eigenvalue weighted by atomic mass is 16.1. The molecule has 0 fully saturated rings. The summed E-state index contributed by atoms with van der Waals surface area (Å²) in [4.78, 5) is 29.6. The van der Waals surface area contributed by atoms with E-state index < -0.39 is 11.5 Å². The predicted octanol–water partition coefficient (Wildman–Crippen LogP) is -1.07. The third kappa shape index (κ3) is 2.05. The van der Waals surface area contributed by atoms with Gasteiger partial charge in [-0.25, -0.2) is 4.98 Å². The van der Waals surface area contributed by atoms with Gasteiger partial charge in [-0.05, 0) is 0 Å². The van der Waals surface area contributed by atoms with Gasteiger partial charge in [0.05, 0.1) is 0 Å². The van der Waals surface area contributed by atoms with Crippen LogP contribution in [0, 0.1) is 0 Å². The minimum atomic E-state index is -0.714. The Hall–Kier alpha value is -1.85. The number of aromatic nitrogens is 2. The Labute approximate surface area is 74.4 Å². The molecule has 70 valence electrons. The number of H-pyrrole nitrogens is 1. The lowest BCUT2D eigenvalue weighted by molar-refractivity contribution is 0.0995. The number of anilines is 1. The average Bonchev–Trinajstić information content (AvgIpc) is 2.03. The maximum atomic E-state index is 11.0. The molecule has 1 aromatic heterocycles. The maximum Gasteiger partial charge on any atom is 0.267 e. The van der Waals surface area contributed by atoms with E-state index in [4.69, 9.17) is 5.73 Å². The second-order valence-corrected chi connectivity index (χ2v) is 2.71. The number of amides is 1. The van der Waals surface area contributed by atoms with Crippen molar-refractivity contribution in [1.29, 1.82) is 0 Å². The SMILES string of the molecule is CN(C)c1nc(C(N)=O)cc(=O)[nH]1. The molecule has 1 aromatic rings. The highest BCUT2D eigenvalue weighted by molar-refractivity contribution is 5.90. The summed E-state index contributed by atoms with van der Waals surface area (Å²) in [7, 11) is 3.39. The molecule has 0 aliphatic carbocycles. The number of rotatable bonds is 2. The van der Waals surface area contributed by atoms with Crippen molar-refractivity contribution in [3.63, 3.8) is 0 Å². The van der Waals surface area contributed by atoms with Crippen molar-refractivity contribution < 1.29 is 4.79 Å². The summed E-state index contributed by atoms with van der Waals surface area (Å²) in [5.74, 6) is -0.407. The fourth-order valence-corrected chi connectivity index (χ4v) is 0.783. The first-order chi connectivity index (χ1) is 6.00. The Morgan fingerprint density at radius 2 is 2.23 bits per heavy atom. The number of nitrogens with one attached hydrogen (secondary N) is 1. The van der Waals surface area contributed by atoms with E-state index in [9.17, 15) is 9.59 Å². The zero-order valence-electron chi connectivity index (χ0n) is 7.37. The van der Waals surface area contributed by atoms with Gasteiger partial charge < -0.3 is 10.6 Å². The summed E-state index contributed by atoms with van der Waals surface area (Å²) in [6.07, 6.45) is 0. The van der Waals surface area contributed by atoms with Gasteiger partial charge >= 0.3 is 0 Å². The van der Waals surface area contributed by atoms with E-state index in [0.717, 1.165) is 6.07 Å². The number of carbonyl (C=O) groups is 1. The van der Waals surface area contributed by atoms with Crippen LogP contribution in [0.25, 0.3) is 0 Å². The molecule has 0 atom stereocenters. The molecule has 0 aromatic carbocycles. The van der Waals surface area contributed by atoms with Gasteiger partial charge in [-0.3, -0.25) is 14.6 Å². The first-order valence-corrected chi connectivity index (χ1v) is 3.59. The number of nitrogens with two attached hydrogens (primary N) is 1. The summed E-state index contributed by atoms with van der Waals surface area (Å²) in [6, 6.07) is 1.06. The van der Waals surface area contributed by atoms with Crippen LogP contribution in [0.3, 0.4) is 0 Å². The van der Waals surface area contributed by atoms with Gasteiger partial charge in [0, 0.05) is 20.2 Å². The molecule has 0 radical (unpaired) electrons. The van der Waals surface area contributed by atoms with Gasteiger partial charge in [-0.2, -0.15) is 0 Å². The lowest BCUT2D eigenvalue weighted by Crippen LogP contribution is -2.23. The van der Waals surface area contributed by atoms with Crippen LogP contribution in [0.5, 0.6) is 0 Å². The molecule has 0 unspecified atom stereocenters. The third-order valence-corrected chi connectivity index (χ3v) is 1.41. The second kappa shape index (κ2) is 3.26. The number of hydrogen-bond donors (Lipinski definition) is 2. The standard InChI is InChI=1S/C7H10N4O2/c1-11(2)7-9-4(6(8)13)3-5(12)10-7/h3H,1-2H3,(H2,8,13)(H,9,10,12). The number of carbonyl (C=O) groups excluding carboxylic acids is 1. The van der Waals surface area contributed by atoms with Crippen LogP contribution in [-0.4, -0.2) is 30.0 Å². The molecule has 0 aliphatic rings. The van der Waals surface area contributed by atoms with E-state index in [2.05, 4.69) is 9.97 Å². The molecule has 0 spiro atoms. The Bertz CT molecular complexity index is 382. The number of nitrogens with zero attached hydrogens (tertiary/aromatic N) is 2. The fourth-order valence-electron chi connectivity index (χ4n) is 0.783. The van der Waals surface area contributed by atoms with Crippen molar-refractivity contribution in [1.82, 2.24) is 9.97 Å². The van der Waals surface area contributed by atoms with E-state index in [1.54, 1.807) is 19.0 Å². The van der Waals surface area contributed by atoms with Gasteiger partial charge in [0.2, 0.25) is 5.95 Å². The van der Waals surface area contributed by atoms with Crippen molar-refractivity contribution in [2.45, 2.75) is 0 Å². The molecule has 13 heavy (non-hydrogen) atoms. The normalized spacial score (nSPS) is 9.69. The fraction of sp³-hybridized carbons (Fsp3) is 0.286. The molecule has 0 saturated heterocycles. The van der Waals surface area contributed by atoms with Crippen molar-refractivity contribution in [3.05, 3.63) is 22.1 Å². The van der Waals surface area contributed by atoms with Crippen LogP contribution < -0.4 is 16.2 Å². The molecular weight excluding hydrogens is 172 g/mol. The van der Waals surface area contributed by atoms with Gasteiger partial charge in [0.25, 0.3) is 11.5 Å². The van der Waals surface area contributed by atoms with Crippen molar-refractivity contribution in [2.24, 2.45) is 5.73 Å². The van der Waals surface area contributed by atoms with E-state index in [1.807, 2.05) is 0 Å². The third-order valence-electron chi connectivity index (χ3n) is 1.41. The van der Waals surface area contributed by atoms with Crippen molar-refractivity contribution in [3.8, 4) is 0 Å². The zero-order valence-corrected chi connectivity index (χ0v) is 7.37. The van der Waals surface area contributed by atoms with Crippen LogP contribution in [0.1, 0.15) is 10.5 Å². The highest BCUT2D eigenvalue weighted by Crippen LogP contribution is 1.99. The van der Waals surface area contributed by atoms with Gasteiger partial charge in [-0.1, -0.05) is 0 Å². The minimum Gasteiger partial charge on any atom is -0.364 e. The van der Waals surface area contributed by atoms with Crippen molar-refractivity contribution in [2.75, 3.05) is 19.0 Å². The Kier molecular flexibility index (Phi) is 2.32. The average molecular weight is 182 g/mol. The van der Waals surface area contributed by atoms with E-state index in [-0.39, 0.29) is 5.69 Å². The number of hydrogen-bond acceptors (Lipinski definition) is 4.